The Kier molecular flexibility index (Phi) is 10.9. The topological polar surface area (TPSA) is 103 Å². The second-order valence-electron chi connectivity index (χ2n) is 10.3. The monoisotopic (exact) mass is 581 g/mol. The lowest BCUT2D eigenvalue weighted by atomic mass is 9.93. The Hall–Kier alpha value is -4.20. The summed E-state index contributed by atoms with van der Waals surface area (Å²) in [4.78, 5) is 20.6. The highest BCUT2D eigenvalue weighted by Gasteiger charge is 2.33. The van der Waals surface area contributed by atoms with Gasteiger partial charge in [-0.05, 0) is 81.3 Å². The maximum Gasteiger partial charge on any atom is 0.211 e. The van der Waals surface area contributed by atoms with E-state index in [2.05, 4.69) is 28.7 Å². The Bertz CT molecular complexity index is 1750. The van der Waals surface area contributed by atoms with Gasteiger partial charge in [-0.3, -0.25) is 14.8 Å². The van der Waals surface area contributed by atoms with E-state index in [-0.39, 0.29) is 5.78 Å². The molecule has 7 heteroatoms. The van der Waals surface area contributed by atoms with E-state index < -0.39 is 14.6 Å². The largest absolute Gasteiger partial charge is 0.333 e. The minimum atomic E-state index is -3.25. The number of ketones is 1. The first-order chi connectivity index (χ1) is 20.0. The summed E-state index contributed by atoms with van der Waals surface area (Å²) in [6, 6.07) is 29.0. The van der Waals surface area contributed by atoms with E-state index in [0.717, 1.165) is 39.6 Å². The summed E-state index contributed by atoms with van der Waals surface area (Å²) in [6.07, 6.45) is 5.67. The maximum atomic E-state index is 12.3. The van der Waals surface area contributed by atoms with Crippen molar-refractivity contribution in [3.63, 3.8) is 0 Å². The highest BCUT2D eigenvalue weighted by molar-refractivity contribution is 7.91. The summed E-state index contributed by atoms with van der Waals surface area (Å²) in [5.41, 5.74) is 11.7. The van der Waals surface area contributed by atoms with Crippen molar-refractivity contribution in [1.82, 2.24) is 9.97 Å². The second kappa shape index (κ2) is 14.1. The molecule has 0 aliphatic heterocycles. The molecule has 0 aliphatic carbocycles. The van der Waals surface area contributed by atoms with Gasteiger partial charge in [0, 0.05) is 35.2 Å². The van der Waals surface area contributed by atoms with E-state index in [1.54, 1.807) is 38.4 Å². The molecule has 0 unspecified atom stereocenters. The third-order valence-corrected chi connectivity index (χ3v) is 9.27. The van der Waals surface area contributed by atoms with Gasteiger partial charge in [0.15, 0.2) is 9.84 Å². The van der Waals surface area contributed by atoms with Crippen LogP contribution in [0.1, 0.15) is 53.5 Å². The molecule has 0 atom stereocenters. The smallest absolute Gasteiger partial charge is 0.211 e. The van der Waals surface area contributed by atoms with Gasteiger partial charge in [0.05, 0.1) is 10.3 Å². The highest BCUT2D eigenvalue weighted by atomic mass is 32.2. The summed E-state index contributed by atoms with van der Waals surface area (Å²) >= 11 is 0. The Morgan fingerprint density at radius 2 is 1.52 bits per heavy atom. The fourth-order valence-corrected chi connectivity index (χ4v) is 4.87. The Labute approximate surface area is 249 Å². The maximum absolute atomic E-state index is 12.3. The summed E-state index contributed by atoms with van der Waals surface area (Å²) in [6.45, 7) is 7.64. The van der Waals surface area contributed by atoms with Crippen LogP contribution in [0.25, 0.3) is 22.0 Å². The van der Waals surface area contributed by atoms with Crippen LogP contribution in [0.5, 0.6) is 0 Å². The molecule has 6 nitrogen and oxygen atoms in total. The van der Waals surface area contributed by atoms with Crippen LogP contribution in [0.3, 0.4) is 0 Å². The van der Waals surface area contributed by atoms with Gasteiger partial charge in [0.1, 0.15) is 5.69 Å². The normalized spacial score (nSPS) is 11.1. The van der Waals surface area contributed by atoms with Gasteiger partial charge in [0.25, 0.3) is 0 Å². The number of nitrogens with zero attached hydrogens (tertiary/aromatic N) is 2. The first-order valence-corrected chi connectivity index (χ1v) is 15.7. The summed E-state index contributed by atoms with van der Waals surface area (Å²) in [7, 11) is -1.75. The van der Waals surface area contributed by atoms with Gasteiger partial charge in [-0.1, -0.05) is 73.2 Å². The molecule has 2 N–H and O–H groups in total. The summed E-state index contributed by atoms with van der Waals surface area (Å²) in [5.74, 6) is -0.0248. The number of nitrogens with two attached hydrogens (primary N) is 1. The Morgan fingerprint density at radius 3 is 2.12 bits per heavy atom. The number of benzene rings is 3. The van der Waals surface area contributed by atoms with E-state index in [1.807, 2.05) is 79.7 Å². The SMILES string of the molecule is CCc1ccc(C(=O)c2ccccn2)cc1.CN.Cc1cccc(-c2cc(C(C)(C)S(C)(=O)=O)cc3cccnc23)c1. The number of pyridine rings is 2. The molecular formula is C35H39N3O3S. The number of carbonyl (C=O) groups excluding carboxylic acids is 1. The molecule has 0 spiro atoms. The second-order valence-corrected chi connectivity index (χ2v) is 12.9. The van der Waals surface area contributed by atoms with Crippen LogP contribution in [0.4, 0.5) is 0 Å². The Morgan fingerprint density at radius 1 is 0.833 bits per heavy atom. The molecule has 0 aliphatic rings. The number of aromatic nitrogens is 2. The van der Waals surface area contributed by atoms with E-state index in [4.69, 9.17) is 0 Å². The fourth-order valence-electron chi connectivity index (χ4n) is 4.32. The van der Waals surface area contributed by atoms with Crippen LogP contribution in [0.2, 0.25) is 0 Å². The number of aryl methyl sites for hydroxylation is 2. The molecule has 218 valence electrons. The number of hydrogen-bond donors (Lipinski definition) is 1. The zero-order chi connectivity index (χ0) is 30.9. The molecule has 2 heterocycles. The molecule has 0 bridgehead atoms. The average Bonchev–Trinajstić information content (AvgIpc) is 3.01. The van der Waals surface area contributed by atoms with Crippen LogP contribution >= 0.6 is 0 Å². The lowest BCUT2D eigenvalue weighted by molar-refractivity contribution is 0.103. The molecule has 0 amide bonds. The van der Waals surface area contributed by atoms with E-state index in [9.17, 15) is 13.2 Å². The molecule has 0 saturated heterocycles. The lowest BCUT2D eigenvalue weighted by Gasteiger charge is -2.24. The van der Waals surface area contributed by atoms with Gasteiger partial charge in [-0.15, -0.1) is 0 Å². The number of carbonyl (C=O) groups is 1. The van der Waals surface area contributed by atoms with E-state index in [0.29, 0.717) is 11.3 Å². The number of hydrogen-bond acceptors (Lipinski definition) is 6. The number of rotatable bonds is 6. The van der Waals surface area contributed by atoms with Crippen LogP contribution in [0, 0.1) is 6.92 Å². The Balaban J connectivity index is 0.000000234. The lowest BCUT2D eigenvalue weighted by Crippen LogP contribution is -2.28. The van der Waals surface area contributed by atoms with Gasteiger partial charge in [0.2, 0.25) is 5.78 Å². The van der Waals surface area contributed by atoms with E-state index >= 15 is 0 Å². The van der Waals surface area contributed by atoms with Crippen molar-refractivity contribution in [2.75, 3.05) is 13.3 Å². The number of sulfone groups is 1. The molecular weight excluding hydrogens is 542 g/mol. The molecule has 2 aromatic heterocycles. The van der Waals surface area contributed by atoms with Crippen LogP contribution < -0.4 is 5.73 Å². The molecule has 0 fully saturated rings. The van der Waals surface area contributed by atoms with Crippen molar-refractivity contribution in [1.29, 1.82) is 0 Å². The van der Waals surface area contributed by atoms with Crippen molar-refractivity contribution in [3.8, 4) is 11.1 Å². The van der Waals surface area contributed by atoms with Crippen molar-refractivity contribution in [2.45, 2.75) is 38.9 Å². The quantitative estimate of drug-likeness (QED) is 0.218. The predicted octanol–water partition coefficient (Wildman–Crippen LogP) is 6.94. The minimum Gasteiger partial charge on any atom is -0.333 e. The summed E-state index contributed by atoms with van der Waals surface area (Å²) in [5, 5.41) is 0.947. The van der Waals surface area contributed by atoms with E-state index in [1.165, 1.54) is 18.9 Å². The van der Waals surface area contributed by atoms with Crippen molar-refractivity contribution >= 4 is 26.5 Å². The first-order valence-electron chi connectivity index (χ1n) is 13.8. The third-order valence-electron chi connectivity index (χ3n) is 7.18. The van der Waals surface area contributed by atoms with Gasteiger partial charge in [-0.2, -0.15) is 0 Å². The van der Waals surface area contributed by atoms with Crippen molar-refractivity contribution in [3.05, 3.63) is 131 Å². The molecule has 3 aromatic carbocycles. The van der Waals surface area contributed by atoms with Crippen LogP contribution in [-0.2, 0) is 21.0 Å². The predicted molar refractivity (Wildman–Crippen MR) is 173 cm³/mol. The zero-order valence-electron chi connectivity index (χ0n) is 25.1. The molecule has 5 aromatic rings. The molecule has 5 rings (SSSR count). The third kappa shape index (κ3) is 7.55. The molecule has 0 radical (unpaired) electrons. The first kappa shape index (κ1) is 32.3. The molecule has 42 heavy (non-hydrogen) atoms. The van der Waals surface area contributed by atoms with Gasteiger partial charge in [-0.25, -0.2) is 8.42 Å². The van der Waals surface area contributed by atoms with Crippen molar-refractivity contribution in [2.24, 2.45) is 5.73 Å². The minimum absolute atomic E-state index is 0.0248. The van der Waals surface area contributed by atoms with Gasteiger partial charge < -0.3 is 5.73 Å². The van der Waals surface area contributed by atoms with Crippen LogP contribution in [0.15, 0.2) is 103 Å². The van der Waals surface area contributed by atoms with Crippen LogP contribution in [-0.4, -0.2) is 37.5 Å². The highest BCUT2D eigenvalue weighted by Crippen LogP contribution is 2.36. The standard InChI is InChI=1S/C20H21NO2S.C14H13NO.CH5N/c1-14-7-5-8-15(11-14)18-13-17(20(2,3)24(4,22)23)12-16-9-6-10-21-19(16)18;1-2-11-6-8-12(9-7-11)14(16)13-5-3-4-10-15-13;1-2/h5-13H,1-4H3;3-10H,2H2,1H3;2H2,1H3. The average molecular weight is 582 g/mol. The molecule has 0 saturated carbocycles. The number of fused-ring (bicyclic) bond motifs is 1. The fraction of sp³-hybridized carbons (Fsp3) is 0.229. The van der Waals surface area contributed by atoms with Gasteiger partial charge >= 0.3 is 0 Å². The summed E-state index contributed by atoms with van der Waals surface area (Å²) < 4.78 is 23.6. The van der Waals surface area contributed by atoms with Crippen molar-refractivity contribution < 1.29 is 13.2 Å². The zero-order valence-corrected chi connectivity index (χ0v) is 25.9.